The zero-order valence-corrected chi connectivity index (χ0v) is 16.6. The second-order valence-corrected chi connectivity index (χ2v) is 7.54. The third kappa shape index (κ3) is 4.68. The summed E-state index contributed by atoms with van der Waals surface area (Å²) in [6, 6.07) is 0. The summed E-state index contributed by atoms with van der Waals surface area (Å²) in [6.45, 7) is 12.1. The van der Waals surface area contributed by atoms with E-state index in [1.807, 2.05) is 18.7 Å². The van der Waals surface area contributed by atoms with E-state index in [1.54, 1.807) is 11.8 Å². The van der Waals surface area contributed by atoms with Crippen LogP contribution in [0, 0.1) is 6.92 Å². The number of piperazine rings is 1. The summed E-state index contributed by atoms with van der Waals surface area (Å²) in [4.78, 5) is 31.3. The summed E-state index contributed by atoms with van der Waals surface area (Å²) in [6.07, 6.45) is 0.524. The van der Waals surface area contributed by atoms with E-state index in [-0.39, 0.29) is 17.7 Å². The molecule has 0 bridgehead atoms. The van der Waals surface area contributed by atoms with Gasteiger partial charge in [-0.25, -0.2) is 0 Å². The van der Waals surface area contributed by atoms with Gasteiger partial charge in [-0.1, -0.05) is 19.0 Å². The fraction of sp³-hybridized carbons (Fsp3) is 0.737. The minimum atomic E-state index is -0.0436. The van der Waals surface area contributed by atoms with E-state index in [4.69, 9.17) is 9.26 Å². The lowest BCUT2D eigenvalue weighted by Gasteiger charge is -2.35. The molecule has 1 aromatic rings. The minimum absolute atomic E-state index is 0.0436. The van der Waals surface area contributed by atoms with Crippen molar-refractivity contribution >= 4 is 11.8 Å². The van der Waals surface area contributed by atoms with E-state index < -0.39 is 0 Å². The van der Waals surface area contributed by atoms with Gasteiger partial charge in [-0.05, 0) is 6.92 Å². The quantitative estimate of drug-likeness (QED) is 0.764. The highest BCUT2D eigenvalue weighted by Gasteiger charge is 2.30. The number of rotatable bonds is 5. The summed E-state index contributed by atoms with van der Waals surface area (Å²) < 4.78 is 10.7. The molecule has 0 N–H and O–H groups in total. The van der Waals surface area contributed by atoms with E-state index in [0.717, 1.165) is 32.8 Å². The highest BCUT2D eigenvalue weighted by Crippen LogP contribution is 2.24. The molecule has 8 heteroatoms. The molecule has 1 aromatic heterocycles. The third-order valence-corrected chi connectivity index (χ3v) is 5.29. The Morgan fingerprint density at radius 2 is 1.67 bits per heavy atom. The van der Waals surface area contributed by atoms with Crippen LogP contribution in [0.5, 0.6) is 0 Å². The maximum Gasteiger partial charge on any atom is 0.259 e. The van der Waals surface area contributed by atoms with Crippen LogP contribution in [0.15, 0.2) is 4.52 Å². The average molecular weight is 378 g/mol. The van der Waals surface area contributed by atoms with Crippen molar-refractivity contribution in [2.24, 2.45) is 0 Å². The Balaban J connectivity index is 1.50. The first kappa shape index (κ1) is 19.8. The highest BCUT2D eigenvalue weighted by atomic mass is 16.5. The summed E-state index contributed by atoms with van der Waals surface area (Å²) in [5, 5.41) is 3.97. The second-order valence-electron chi connectivity index (χ2n) is 7.54. The van der Waals surface area contributed by atoms with Gasteiger partial charge in [-0.3, -0.25) is 14.5 Å². The molecule has 0 aromatic carbocycles. The van der Waals surface area contributed by atoms with Crippen molar-refractivity contribution in [2.75, 3.05) is 59.0 Å². The monoisotopic (exact) mass is 378 g/mol. The number of carbonyl (C=O) groups is 2. The summed E-state index contributed by atoms with van der Waals surface area (Å²) in [5.74, 6) is 0.866. The molecule has 0 atom stereocenters. The van der Waals surface area contributed by atoms with E-state index in [0.29, 0.717) is 49.6 Å². The molecule has 0 spiro atoms. The van der Waals surface area contributed by atoms with Gasteiger partial charge in [0.15, 0.2) is 5.76 Å². The Morgan fingerprint density at radius 3 is 2.30 bits per heavy atom. The number of amides is 2. The van der Waals surface area contributed by atoms with Gasteiger partial charge in [0, 0.05) is 58.2 Å². The molecule has 0 radical (unpaired) electrons. The number of aryl methyl sites for hydroxylation is 1. The number of hydrogen-bond donors (Lipinski definition) is 0. The molecule has 0 saturated carbocycles. The van der Waals surface area contributed by atoms with Crippen molar-refractivity contribution < 1.29 is 18.8 Å². The standard InChI is InChI=1S/C19H30N4O4/c1-14(2)18-17(15(3)20-27-18)19(25)23-8-6-22(7-9-23)16(24)4-5-21-10-12-26-13-11-21/h14H,4-13H2,1-3H3. The van der Waals surface area contributed by atoms with Crippen molar-refractivity contribution in [3.8, 4) is 0 Å². The molecule has 2 aliphatic rings. The van der Waals surface area contributed by atoms with Crippen molar-refractivity contribution in [3.05, 3.63) is 17.0 Å². The van der Waals surface area contributed by atoms with Crippen LogP contribution in [0.25, 0.3) is 0 Å². The molecular formula is C19H30N4O4. The fourth-order valence-corrected chi connectivity index (χ4v) is 3.60. The predicted octanol–water partition coefficient (Wildman–Crippen LogP) is 1.11. The zero-order chi connectivity index (χ0) is 19.4. The molecular weight excluding hydrogens is 348 g/mol. The molecule has 2 saturated heterocycles. The molecule has 3 rings (SSSR count). The van der Waals surface area contributed by atoms with Gasteiger partial charge in [0.2, 0.25) is 5.91 Å². The first-order valence-electron chi connectivity index (χ1n) is 9.80. The van der Waals surface area contributed by atoms with Crippen LogP contribution in [-0.4, -0.2) is 90.7 Å². The van der Waals surface area contributed by atoms with Gasteiger partial charge < -0.3 is 19.1 Å². The Kier molecular flexibility index (Phi) is 6.49. The molecule has 8 nitrogen and oxygen atoms in total. The molecule has 150 valence electrons. The third-order valence-electron chi connectivity index (χ3n) is 5.29. The molecule has 0 aliphatic carbocycles. The van der Waals surface area contributed by atoms with Gasteiger partial charge >= 0.3 is 0 Å². The van der Waals surface area contributed by atoms with Crippen molar-refractivity contribution in [3.63, 3.8) is 0 Å². The van der Waals surface area contributed by atoms with Gasteiger partial charge in [0.1, 0.15) is 5.56 Å². The van der Waals surface area contributed by atoms with Crippen molar-refractivity contribution in [2.45, 2.75) is 33.1 Å². The van der Waals surface area contributed by atoms with Crippen molar-refractivity contribution in [1.29, 1.82) is 0 Å². The fourth-order valence-electron chi connectivity index (χ4n) is 3.60. The lowest BCUT2D eigenvalue weighted by atomic mass is 10.0. The van der Waals surface area contributed by atoms with Crippen LogP contribution in [0.1, 0.15) is 48.0 Å². The first-order valence-corrected chi connectivity index (χ1v) is 9.80. The summed E-state index contributed by atoms with van der Waals surface area (Å²) in [5.41, 5.74) is 1.21. The molecule has 2 amide bonds. The number of carbonyl (C=O) groups excluding carboxylic acids is 2. The SMILES string of the molecule is Cc1noc(C(C)C)c1C(=O)N1CCN(C(=O)CCN2CCOCC2)CC1. The first-order chi connectivity index (χ1) is 13.0. The predicted molar refractivity (Wildman–Crippen MR) is 99.7 cm³/mol. The van der Waals surface area contributed by atoms with Crippen molar-refractivity contribution in [1.82, 2.24) is 19.9 Å². The lowest BCUT2D eigenvalue weighted by Crippen LogP contribution is -2.51. The maximum atomic E-state index is 12.9. The Morgan fingerprint density at radius 1 is 1.04 bits per heavy atom. The molecule has 0 unspecified atom stereocenters. The topological polar surface area (TPSA) is 79.1 Å². The Hall–Kier alpha value is -1.93. The van der Waals surface area contributed by atoms with Gasteiger partial charge in [-0.15, -0.1) is 0 Å². The maximum absolute atomic E-state index is 12.9. The van der Waals surface area contributed by atoms with Crippen LogP contribution in [0.2, 0.25) is 0 Å². The molecule has 2 fully saturated rings. The molecule has 27 heavy (non-hydrogen) atoms. The highest BCUT2D eigenvalue weighted by molar-refractivity contribution is 5.96. The van der Waals surface area contributed by atoms with Crippen LogP contribution < -0.4 is 0 Å². The lowest BCUT2D eigenvalue weighted by molar-refractivity contribution is -0.133. The van der Waals surface area contributed by atoms with Crippen LogP contribution in [0.3, 0.4) is 0 Å². The van der Waals surface area contributed by atoms with E-state index in [2.05, 4.69) is 10.1 Å². The summed E-state index contributed by atoms with van der Waals surface area (Å²) >= 11 is 0. The van der Waals surface area contributed by atoms with Gasteiger partial charge in [0.05, 0.1) is 18.9 Å². The second kappa shape index (κ2) is 8.84. The number of hydrogen-bond acceptors (Lipinski definition) is 6. The van der Waals surface area contributed by atoms with Gasteiger partial charge in [0.25, 0.3) is 5.91 Å². The Bertz CT molecular complexity index is 659. The van der Waals surface area contributed by atoms with Crippen LogP contribution in [-0.2, 0) is 9.53 Å². The number of nitrogens with zero attached hydrogens (tertiary/aromatic N) is 4. The van der Waals surface area contributed by atoms with E-state index in [9.17, 15) is 9.59 Å². The molecule has 3 heterocycles. The number of morpholine rings is 1. The largest absolute Gasteiger partial charge is 0.379 e. The zero-order valence-electron chi connectivity index (χ0n) is 16.6. The normalized spacial score (nSPS) is 19.0. The number of aromatic nitrogens is 1. The van der Waals surface area contributed by atoms with Gasteiger partial charge in [-0.2, -0.15) is 0 Å². The molecule has 2 aliphatic heterocycles. The van der Waals surface area contributed by atoms with E-state index in [1.165, 1.54) is 0 Å². The smallest absolute Gasteiger partial charge is 0.259 e. The van der Waals surface area contributed by atoms with Crippen LogP contribution >= 0.6 is 0 Å². The van der Waals surface area contributed by atoms with Crippen LogP contribution in [0.4, 0.5) is 0 Å². The van der Waals surface area contributed by atoms with E-state index >= 15 is 0 Å². The average Bonchev–Trinajstić information content (AvgIpc) is 3.08. The number of ether oxygens (including phenoxy) is 1. The summed E-state index contributed by atoms with van der Waals surface area (Å²) in [7, 11) is 0. The Labute approximate surface area is 160 Å². The minimum Gasteiger partial charge on any atom is -0.379 e.